The van der Waals surface area contributed by atoms with Crippen molar-refractivity contribution < 1.29 is 4.79 Å². The molecule has 1 N–H and O–H groups in total. The van der Waals surface area contributed by atoms with Gasteiger partial charge in [-0.15, -0.1) is 0 Å². The van der Waals surface area contributed by atoms with Gasteiger partial charge in [0.2, 0.25) is 0 Å². The Kier molecular flexibility index (Phi) is 3.25. The van der Waals surface area contributed by atoms with Gasteiger partial charge < -0.3 is 9.88 Å². The molecule has 0 spiro atoms. The zero-order valence-corrected chi connectivity index (χ0v) is 12.9. The van der Waals surface area contributed by atoms with Gasteiger partial charge in [0.25, 0.3) is 5.91 Å². The number of aryl methyl sites for hydroxylation is 3. The van der Waals surface area contributed by atoms with Crippen molar-refractivity contribution in [2.45, 2.75) is 38.5 Å². The van der Waals surface area contributed by atoms with Crippen LogP contribution >= 0.6 is 0 Å². The van der Waals surface area contributed by atoms with Crippen LogP contribution in [0.2, 0.25) is 0 Å². The minimum Gasteiger partial charge on any atom is -0.346 e. The van der Waals surface area contributed by atoms with Crippen LogP contribution in [0, 0.1) is 6.92 Å². The maximum Gasteiger partial charge on any atom is 0.253 e. The number of aromatic nitrogens is 2. The number of hydrogen-bond donors (Lipinski definition) is 1. The second kappa shape index (κ2) is 5.27. The van der Waals surface area contributed by atoms with Crippen LogP contribution in [0.3, 0.4) is 0 Å². The van der Waals surface area contributed by atoms with E-state index in [0.717, 1.165) is 49.4 Å². The number of likely N-dealkylation sites (tertiary alicyclic amines) is 1. The summed E-state index contributed by atoms with van der Waals surface area (Å²) in [5.74, 6) is 1.52. The van der Waals surface area contributed by atoms with Crippen molar-refractivity contribution in [1.82, 2.24) is 14.9 Å². The fourth-order valence-electron chi connectivity index (χ4n) is 3.70. The fourth-order valence-corrected chi connectivity index (χ4v) is 3.70. The van der Waals surface area contributed by atoms with Gasteiger partial charge in [-0.05, 0) is 55.9 Å². The summed E-state index contributed by atoms with van der Waals surface area (Å²) in [7, 11) is 0. The SMILES string of the molecule is Cc1cnc(C2CCN(C(=O)c3ccc4c(c3)CCC4)C2)[nH]1. The number of nitrogens with zero attached hydrogens (tertiary/aromatic N) is 2. The van der Waals surface area contributed by atoms with E-state index in [2.05, 4.69) is 22.1 Å². The molecule has 1 atom stereocenters. The van der Waals surface area contributed by atoms with Crippen molar-refractivity contribution in [2.24, 2.45) is 0 Å². The monoisotopic (exact) mass is 295 g/mol. The molecule has 1 unspecified atom stereocenters. The summed E-state index contributed by atoms with van der Waals surface area (Å²) in [5, 5.41) is 0. The molecule has 4 heteroatoms. The molecule has 1 saturated heterocycles. The summed E-state index contributed by atoms with van der Waals surface area (Å²) in [4.78, 5) is 22.4. The fraction of sp³-hybridized carbons (Fsp3) is 0.444. The first-order valence-corrected chi connectivity index (χ1v) is 8.13. The zero-order valence-electron chi connectivity index (χ0n) is 12.9. The third-order valence-corrected chi connectivity index (χ3v) is 4.93. The first kappa shape index (κ1) is 13.6. The molecule has 4 nitrogen and oxygen atoms in total. The van der Waals surface area contributed by atoms with Gasteiger partial charge in [-0.2, -0.15) is 0 Å². The molecule has 0 radical (unpaired) electrons. The van der Waals surface area contributed by atoms with Gasteiger partial charge >= 0.3 is 0 Å². The first-order chi connectivity index (χ1) is 10.7. The van der Waals surface area contributed by atoms with Crippen molar-refractivity contribution in [3.05, 3.63) is 52.6 Å². The van der Waals surface area contributed by atoms with Crippen molar-refractivity contribution in [3.63, 3.8) is 0 Å². The number of amides is 1. The molecule has 1 aromatic carbocycles. The largest absolute Gasteiger partial charge is 0.346 e. The minimum absolute atomic E-state index is 0.167. The Bertz CT molecular complexity index is 719. The molecule has 1 fully saturated rings. The third kappa shape index (κ3) is 2.32. The summed E-state index contributed by atoms with van der Waals surface area (Å²) in [6, 6.07) is 6.24. The molecular weight excluding hydrogens is 274 g/mol. The van der Waals surface area contributed by atoms with Gasteiger partial charge in [0, 0.05) is 36.5 Å². The van der Waals surface area contributed by atoms with Crippen LogP contribution < -0.4 is 0 Å². The average Bonchev–Trinajstić information content (AvgIpc) is 3.25. The van der Waals surface area contributed by atoms with Crippen LogP contribution in [0.4, 0.5) is 0 Å². The lowest BCUT2D eigenvalue weighted by Gasteiger charge is -2.17. The van der Waals surface area contributed by atoms with E-state index in [1.807, 2.05) is 24.1 Å². The van der Waals surface area contributed by atoms with Crippen molar-refractivity contribution in [3.8, 4) is 0 Å². The van der Waals surface area contributed by atoms with E-state index >= 15 is 0 Å². The molecule has 1 aliphatic carbocycles. The lowest BCUT2D eigenvalue weighted by molar-refractivity contribution is 0.0790. The van der Waals surface area contributed by atoms with Gasteiger partial charge in [0.1, 0.15) is 5.82 Å². The van der Waals surface area contributed by atoms with Crippen molar-refractivity contribution >= 4 is 5.91 Å². The third-order valence-electron chi connectivity index (χ3n) is 4.93. The molecule has 1 aliphatic heterocycles. The predicted octanol–water partition coefficient (Wildman–Crippen LogP) is 2.84. The molecule has 2 heterocycles. The molecule has 114 valence electrons. The average molecular weight is 295 g/mol. The van der Waals surface area contributed by atoms with E-state index in [-0.39, 0.29) is 5.91 Å². The predicted molar refractivity (Wildman–Crippen MR) is 85.1 cm³/mol. The maximum absolute atomic E-state index is 12.7. The number of aromatic amines is 1. The second-order valence-corrected chi connectivity index (χ2v) is 6.53. The summed E-state index contributed by atoms with van der Waals surface area (Å²) in [6.07, 6.45) is 6.35. The standard InChI is InChI=1S/C18H21N3O/c1-12-10-19-17(20-12)16-7-8-21(11-16)18(22)15-6-5-13-3-2-4-14(13)9-15/h5-6,9-10,16H,2-4,7-8,11H2,1H3,(H,19,20). The lowest BCUT2D eigenvalue weighted by Crippen LogP contribution is -2.28. The summed E-state index contributed by atoms with van der Waals surface area (Å²) in [6.45, 7) is 3.60. The number of benzene rings is 1. The highest BCUT2D eigenvalue weighted by Crippen LogP contribution is 2.28. The Morgan fingerprint density at radius 3 is 3.00 bits per heavy atom. The van der Waals surface area contributed by atoms with Crippen molar-refractivity contribution in [2.75, 3.05) is 13.1 Å². The topological polar surface area (TPSA) is 49.0 Å². The van der Waals surface area contributed by atoms with Crippen LogP contribution in [-0.4, -0.2) is 33.9 Å². The van der Waals surface area contributed by atoms with E-state index in [1.54, 1.807) is 0 Å². The molecule has 22 heavy (non-hydrogen) atoms. The zero-order chi connectivity index (χ0) is 15.1. The number of nitrogens with one attached hydrogen (secondary N) is 1. The van der Waals surface area contributed by atoms with Gasteiger partial charge in [-0.1, -0.05) is 6.07 Å². The molecule has 1 aromatic heterocycles. The maximum atomic E-state index is 12.7. The van der Waals surface area contributed by atoms with Crippen LogP contribution in [0.1, 0.15) is 51.8 Å². The van der Waals surface area contributed by atoms with E-state index < -0.39 is 0 Å². The minimum atomic E-state index is 0.167. The summed E-state index contributed by atoms with van der Waals surface area (Å²) >= 11 is 0. The van der Waals surface area contributed by atoms with Crippen LogP contribution in [0.15, 0.2) is 24.4 Å². The van der Waals surface area contributed by atoms with Crippen LogP contribution in [-0.2, 0) is 12.8 Å². The lowest BCUT2D eigenvalue weighted by atomic mass is 10.1. The Morgan fingerprint density at radius 1 is 1.32 bits per heavy atom. The highest BCUT2D eigenvalue weighted by atomic mass is 16.2. The number of imidazole rings is 1. The highest BCUT2D eigenvalue weighted by molar-refractivity contribution is 5.94. The summed E-state index contributed by atoms with van der Waals surface area (Å²) < 4.78 is 0. The Labute approximate surface area is 130 Å². The van der Waals surface area contributed by atoms with Crippen LogP contribution in [0.5, 0.6) is 0 Å². The van der Waals surface area contributed by atoms with Gasteiger partial charge in [0.15, 0.2) is 0 Å². The van der Waals surface area contributed by atoms with E-state index in [9.17, 15) is 4.79 Å². The van der Waals surface area contributed by atoms with Gasteiger partial charge in [-0.25, -0.2) is 4.98 Å². The normalized spacial score (nSPS) is 20.4. The van der Waals surface area contributed by atoms with Crippen molar-refractivity contribution in [1.29, 1.82) is 0 Å². The smallest absolute Gasteiger partial charge is 0.253 e. The highest BCUT2D eigenvalue weighted by Gasteiger charge is 2.29. The number of hydrogen-bond acceptors (Lipinski definition) is 2. The molecule has 2 aliphatic rings. The van der Waals surface area contributed by atoms with Gasteiger partial charge in [0.05, 0.1) is 0 Å². The first-order valence-electron chi connectivity index (χ1n) is 8.13. The van der Waals surface area contributed by atoms with E-state index in [4.69, 9.17) is 0 Å². The number of rotatable bonds is 2. The molecule has 4 rings (SSSR count). The van der Waals surface area contributed by atoms with Gasteiger partial charge in [-0.3, -0.25) is 4.79 Å². The molecule has 1 amide bonds. The van der Waals surface area contributed by atoms with E-state index in [1.165, 1.54) is 17.5 Å². The molecule has 0 bridgehead atoms. The number of carbonyl (C=O) groups excluding carboxylic acids is 1. The Hall–Kier alpha value is -2.10. The summed E-state index contributed by atoms with van der Waals surface area (Å²) in [5.41, 5.74) is 4.71. The number of H-pyrrole nitrogens is 1. The number of carbonyl (C=O) groups is 1. The molecule has 2 aromatic rings. The Balaban J connectivity index is 1.49. The number of fused-ring (bicyclic) bond motifs is 1. The van der Waals surface area contributed by atoms with E-state index in [0.29, 0.717) is 5.92 Å². The van der Waals surface area contributed by atoms with Crippen LogP contribution in [0.25, 0.3) is 0 Å². The Morgan fingerprint density at radius 2 is 2.18 bits per heavy atom. The molecule has 0 saturated carbocycles. The second-order valence-electron chi connectivity index (χ2n) is 6.53. The quantitative estimate of drug-likeness (QED) is 0.926. The molecular formula is C18H21N3O.